The van der Waals surface area contributed by atoms with Crippen LogP contribution in [0.5, 0.6) is 0 Å². The fraction of sp³-hybridized carbons (Fsp3) is 0.385. The highest BCUT2D eigenvalue weighted by Gasteiger charge is 2.40. The summed E-state index contributed by atoms with van der Waals surface area (Å²) in [5.41, 5.74) is 0.986. The summed E-state index contributed by atoms with van der Waals surface area (Å²) in [6, 6.07) is 8.06. The summed E-state index contributed by atoms with van der Waals surface area (Å²) in [7, 11) is 1.30. The van der Waals surface area contributed by atoms with Crippen LogP contribution in [0.3, 0.4) is 0 Å². The van der Waals surface area contributed by atoms with Crippen LogP contribution in [-0.4, -0.2) is 36.8 Å². The van der Waals surface area contributed by atoms with Crippen molar-refractivity contribution < 1.29 is 22.8 Å². The zero-order chi connectivity index (χ0) is 15.9. The van der Waals surface area contributed by atoms with Gasteiger partial charge in [0.2, 0.25) is 5.91 Å². The van der Waals surface area contributed by atoms with E-state index in [1.807, 2.05) is 30.3 Å². The first kappa shape index (κ1) is 17.4. The smallest absolute Gasteiger partial charge is 0.357 e. The van der Waals surface area contributed by atoms with Crippen LogP contribution in [0.25, 0.3) is 0 Å². The Balaban J connectivity index is 2.55. The summed E-state index contributed by atoms with van der Waals surface area (Å²) < 4.78 is 36.6. The van der Waals surface area contributed by atoms with Crippen LogP contribution in [0.1, 0.15) is 5.56 Å². The second kappa shape index (κ2) is 7.92. The van der Waals surface area contributed by atoms with Crippen LogP contribution in [0, 0.1) is 0 Å². The molecule has 0 aliphatic heterocycles. The largest absolute Gasteiger partial charge is 0.471 e. The topological polar surface area (TPSA) is 58.2 Å². The molecule has 1 aromatic rings. The molecule has 116 valence electrons. The van der Waals surface area contributed by atoms with Gasteiger partial charge in [-0.2, -0.15) is 24.9 Å². The molecule has 0 bridgehead atoms. The molecule has 1 rings (SSSR count). The summed E-state index contributed by atoms with van der Waals surface area (Å²) in [4.78, 5) is 22.4. The van der Waals surface area contributed by atoms with E-state index >= 15 is 0 Å². The van der Waals surface area contributed by atoms with Crippen molar-refractivity contribution in [1.82, 2.24) is 10.6 Å². The van der Waals surface area contributed by atoms with Crippen LogP contribution >= 0.6 is 11.8 Å². The molecule has 1 atom stereocenters. The normalized spacial score (nSPS) is 12.6. The number of carbonyl (C=O) groups is 2. The Bertz CT molecular complexity index is 480. The van der Waals surface area contributed by atoms with Crippen LogP contribution in [0.15, 0.2) is 30.3 Å². The van der Waals surface area contributed by atoms with E-state index in [0.717, 1.165) is 5.56 Å². The van der Waals surface area contributed by atoms with Crippen molar-refractivity contribution in [2.24, 2.45) is 0 Å². The second-order valence-electron chi connectivity index (χ2n) is 4.14. The molecule has 8 heteroatoms. The summed E-state index contributed by atoms with van der Waals surface area (Å²) >= 11 is 1.27. The van der Waals surface area contributed by atoms with E-state index in [1.54, 1.807) is 5.32 Å². The standard InChI is InChI=1S/C13H15F3N2O2S/c1-17-11(19)10(18-12(20)13(14,15)16)8-21-7-9-5-3-2-4-6-9/h2-6,10H,7-8H2,1H3,(H,17,19)(H,18,20)/t10-/m0/s1. The molecule has 0 heterocycles. The maximum Gasteiger partial charge on any atom is 0.471 e. The highest BCUT2D eigenvalue weighted by molar-refractivity contribution is 7.98. The van der Waals surface area contributed by atoms with Crippen LogP contribution in [-0.2, 0) is 15.3 Å². The first-order chi connectivity index (χ1) is 9.84. The summed E-state index contributed by atoms with van der Waals surface area (Å²) in [6.45, 7) is 0. The Kier molecular flexibility index (Phi) is 6.54. The maximum absolute atomic E-state index is 12.2. The fourth-order valence-corrected chi connectivity index (χ4v) is 2.48. The summed E-state index contributed by atoms with van der Waals surface area (Å²) in [5.74, 6) is -2.18. The number of nitrogens with one attached hydrogen (secondary N) is 2. The maximum atomic E-state index is 12.2. The second-order valence-corrected chi connectivity index (χ2v) is 5.17. The van der Waals surface area contributed by atoms with Gasteiger partial charge in [-0.15, -0.1) is 0 Å². The lowest BCUT2D eigenvalue weighted by molar-refractivity contribution is -0.174. The van der Waals surface area contributed by atoms with Crippen LogP contribution in [0.4, 0.5) is 13.2 Å². The predicted octanol–water partition coefficient (Wildman–Crippen LogP) is 1.71. The van der Waals surface area contributed by atoms with E-state index < -0.39 is 24.0 Å². The molecule has 21 heavy (non-hydrogen) atoms. The monoisotopic (exact) mass is 320 g/mol. The van der Waals surface area contributed by atoms with Crippen molar-refractivity contribution in [3.05, 3.63) is 35.9 Å². The third kappa shape index (κ3) is 6.07. The van der Waals surface area contributed by atoms with Gasteiger partial charge in [-0.25, -0.2) is 0 Å². The lowest BCUT2D eigenvalue weighted by atomic mass is 10.2. The number of hydrogen-bond acceptors (Lipinski definition) is 3. The Hall–Kier alpha value is -1.70. The summed E-state index contributed by atoms with van der Waals surface area (Å²) in [6.07, 6.45) is -5.00. The molecule has 0 aliphatic rings. The van der Waals surface area contributed by atoms with Gasteiger partial charge in [-0.05, 0) is 5.56 Å². The van der Waals surface area contributed by atoms with Gasteiger partial charge in [0, 0.05) is 18.6 Å². The SMILES string of the molecule is CNC(=O)[C@H](CSCc1ccccc1)NC(=O)C(F)(F)F. The molecule has 1 aromatic carbocycles. The Morgan fingerprint density at radius 1 is 1.24 bits per heavy atom. The average molecular weight is 320 g/mol. The van der Waals surface area contributed by atoms with Gasteiger partial charge in [0.25, 0.3) is 0 Å². The highest BCUT2D eigenvalue weighted by atomic mass is 32.2. The number of thioether (sulfide) groups is 1. The van der Waals surface area contributed by atoms with E-state index in [4.69, 9.17) is 0 Å². The zero-order valence-corrected chi connectivity index (χ0v) is 12.1. The molecule has 0 saturated carbocycles. The highest BCUT2D eigenvalue weighted by Crippen LogP contribution is 2.16. The van der Waals surface area contributed by atoms with Crippen molar-refractivity contribution in [2.45, 2.75) is 18.0 Å². The molecule has 0 spiro atoms. The lowest BCUT2D eigenvalue weighted by Gasteiger charge is -2.17. The van der Waals surface area contributed by atoms with Gasteiger partial charge in [-0.3, -0.25) is 9.59 Å². The van der Waals surface area contributed by atoms with Gasteiger partial charge in [0.15, 0.2) is 0 Å². The fourth-order valence-electron chi connectivity index (χ4n) is 1.47. The zero-order valence-electron chi connectivity index (χ0n) is 11.2. The Morgan fingerprint density at radius 3 is 2.38 bits per heavy atom. The molecular weight excluding hydrogens is 305 g/mol. The molecule has 0 aliphatic carbocycles. The Morgan fingerprint density at radius 2 is 1.86 bits per heavy atom. The van der Waals surface area contributed by atoms with Crippen molar-refractivity contribution in [2.75, 3.05) is 12.8 Å². The number of benzene rings is 1. The molecule has 4 nitrogen and oxygen atoms in total. The number of likely N-dealkylation sites (N-methyl/N-ethyl adjacent to an activating group) is 1. The van der Waals surface area contributed by atoms with Crippen molar-refractivity contribution >= 4 is 23.6 Å². The quantitative estimate of drug-likeness (QED) is 0.839. The van der Waals surface area contributed by atoms with Gasteiger partial charge in [0.05, 0.1) is 0 Å². The van der Waals surface area contributed by atoms with Crippen LogP contribution in [0.2, 0.25) is 0 Å². The molecule has 0 saturated heterocycles. The average Bonchev–Trinajstić information content (AvgIpc) is 2.45. The molecule has 2 N–H and O–H groups in total. The van der Waals surface area contributed by atoms with E-state index in [0.29, 0.717) is 5.75 Å². The number of alkyl halides is 3. The molecule has 0 unspecified atom stereocenters. The van der Waals surface area contributed by atoms with Crippen molar-refractivity contribution in [3.8, 4) is 0 Å². The third-order valence-corrected chi connectivity index (χ3v) is 3.63. The van der Waals surface area contributed by atoms with E-state index in [2.05, 4.69) is 5.32 Å². The van der Waals surface area contributed by atoms with E-state index in [9.17, 15) is 22.8 Å². The number of carbonyl (C=O) groups excluding carboxylic acids is 2. The van der Waals surface area contributed by atoms with Gasteiger partial charge >= 0.3 is 12.1 Å². The minimum absolute atomic E-state index is 0.0520. The molecule has 0 aromatic heterocycles. The number of amides is 2. The molecule has 0 radical (unpaired) electrons. The lowest BCUT2D eigenvalue weighted by Crippen LogP contribution is -2.51. The predicted molar refractivity (Wildman–Crippen MR) is 74.7 cm³/mol. The Labute approximate surface area is 124 Å². The van der Waals surface area contributed by atoms with Crippen LogP contribution < -0.4 is 10.6 Å². The van der Waals surface area contributed by atoms with E-state index in [1.165, 1.54) is 18.8 Å². The van der Waals surface area contributed by atoms with Gasteiger partial charge in [-0.1, -0.05) is 30.3 Å². The van der Waals surface area contributed by atoms with Gasteiger partial charge < -0.3 is 10.6 Å². The molecule has 2 amide bonds. The van der Waals surface area contributed by atoms with E-state index in [-0.39, 0.29) is 5.75 Å². The summed E-state index contributed by atoms with van der Waals surface area (Å²) in [5, 5.41) is 3.93. The molecule has 0 fully saturated rings. The first-order valence-corrected chi connectivity index (χ1v) is 7.21. The molecular formula is C13H15F3N2O2S. The number of hydrogen-bond donors (Lipinski definition) is 2. The minimum Gasteiger partial charge on any atom is -0.357 e. The first-order valence-electron chi connectivity index (χ1n) is 6.05. The number of halogens is 3. The van der Waals surface area contributed by atoms with Gasteiger partial charge in [0.1, 0.15) is 6.04 Å². The number of rotatable bonds is 6. The van der Waals surface area contributed by atoms with Crippen molar-refractivity contribution in [1.29, 1.82) is 0 Å². The van der Waals surface area contributed by atoms with Crippen molar-refractivity contribution in [3.63, 3.8) is 0 Å². The third-order valence-electron chi connectivity index (χ3n) is 2.52. The minimum atomic E-state index is -5.00.